The number of benzene rings is 2. The fourth-order valence-corrected chi connectivity index (χ4v) is 4.32. The lowest BCUT2D eigenvalue weighted by Crippen LogP contribution is -2.48. The highest BCUT2D eigenvalue weighted by molar-refractivity contribution is 5.91. The molecular formula is C25H25F3N4O3. The topological polar surface area (TPSA) is 77.2 Å². The number of alkyl halides is 3. The van der Waals surface area contributed by atoms with E-state index >= 15 is 0 Å². The third-order valence-corrected chi connectivity index (χ3v) is 6.33. The summed E-state index contributed by atoms with van der Waals surface area (Å²) in [6.45, 7) is -0.116. The van der Waals surface area contributed by atoms with Gasteiger partial charge >= 0.3 is 11.9 Å². The van der Waals surface area contributed by atoms with E-state index in [1.807, 2.05) is 0 Å². The molecule has 1 heterocycles. The van der Waals surface area contributed by atoms with Crippen LogP contribution in [0.2, 0.25) is 0 Å². The van der Waals surface area contributed by atoms with Crippen molar-refractivity contribution in [2.24, 2.45) is 0 Å². The molecule has 0 unspecified atom stereocenters. The molecule has 0 saturated heterocycles. The highest BCUT2D eigenvalue weighted by atomic mass is 19.4. The lowest BCUT2D eigenvalue weighted by Gasteiger charge is -2.30. The van der Waals surface area contributed by atoms with Gasteiger partial charge in [0.15, 0.2) is 0 Å². The first-order chi connectivity index (χ1) is 16.7. The molecule has 1 saturated carbocycles. The number of nitrogens with zero attached hydrogens (tertiary/aromatic N) is 4. The highest BCUT2D eigenvalue weighted by Crippen LogP contribution is 2.29. The van der Waals surface area contributed by atoms with Crippen LogP contribution in [0.4, 0.5) is 13.2 Å². The minimum absolute atomic E-state index is 0.0131. The number of hydrogen-bond donors (Lipinski definition) is 0. The van der Waals surface area contributed by atoms with Crippen LogP contribution in [0, 0.1) is 0 Å². The Balaban J connectivity index is 1.82. The Morgan fingerprint density at radius 2 is 1.63 bits per heavy atom. The van der Waals surface area contributed by atoms with Crippen LogP contribution < -0.4 is 11.2 Å². The summed E-state index contributed by atoms with van der Waals surface area (Å²) in [6.07, 6.45) is 0.0856. The van der Waals surface area contributed by atoms with Crippen LogP contribution >= 0.6 is 0 Å². The fourth-order valence-electron chi connectivity index (χ4n) is 4.32. The summed E-state index contributed by atoms with van der Waals surface area (Å²) in [5.74, 6) is -0.621. The molecule has 1 fully saturated rings. The molecule has 1 aliphatic carbocycles. The second-order valence-corrected chi connectivity index (χ2v) is 8.67. The number of amides is 1. The zero-order valence-electron chi connectivity index (χ0n) is 19.2. The summed E-state index contributed by atoms with van der Waals surface area (Å²) in [5, 5.41) is 4.05. The third-order valence-electron chi connectivity index (χ3n) is 6.33. The van der Waals surface area contributed by atoms with Crippen LogP contribution in [0.25, 0.3) is 5.69 Å². The molecule has 35 heavy (non-hydrogen) atoms. The van der Waals surface area contributed by atoms with Crippen molar-refractivity contribution in [3.8, 4) is 5.69 Å². The van der Waals surface area contributed by atoms with Crippen LogP contribution in [0.5, 0.6) is 0 Å². The quantitative estimate of drug-likeness (QED) is 0.549. The largest absolute Gasteiger partial charge is 0.416 e. The minimum Gasteiger partial charge on any atom is -0.337 e. The number of rotatable bonds is 5. The molecule has 10 heteroatoms. The van der Waals surface area contributed by atoms with Crippen molar-refractivity contribution in [2.45, 2.75) is 50.9 Å². The molecule has 3 aromatic rings. The zero-order valence-corrected chi connectivity index (χ0v) is 19.2. The number of aromatic nitrogens is 3. The molecule has 0 radical (unpaired) electrons. The van der Waals surface area contributed by atoms with Crippen LogP contribution in [0.3, 0.4) is 0 Å². The Kier molecular flexibility index (Phi) is 6.90. The smallest absolute Gasteiger partial charge is 0.337 e. The number of halogens is 3. The van der Waals surface area contributed by atoms with E-state index in [1.165, 1.54) is 4.90 Å². The average Bonchev–Trinajstić information content (AvgIpc) is 2.86. The highest BCUT2D eigenvalue weighted by Gasteiger charge is 2.31. The molecule has 0 aliphatic heterocycles. The Morgan fingerprint density at radius 1 is 1.00 bits per heavy atom. The second-order valence-electron chi connectivity index (χ2n) is 8.67. The van der Waals surface area contributed by atoms with E-state index in [0.717, 1.165) is 65.6 Å². The summed E-state index contributed by atoms with van der Waals surface area (Å²) in [6, 6.07) is 12.5. The van der Waals surface area contributed by atoms with Gasteiger partial charge in [0.1, 0.15) is 0 Å². The molecule has 7 nitrogen and oxygen atoms in total. The van der Waals surface area contributed by atoms with Crippen molar-refractivity contribution >= 4 is 5.91 Å². The van der Waals surface area contributed by atoms with Crippen molar-refractivity contribution in [1.29, 1.82) is 0 Å². The normalized spacial score (nSPS) is 14.6. The zero-order chi connectivity index (χ0) is 25.2. The first-order valence-corrected chi connectivity index (χ1v) is 11.4. The van der Waals surface area contributed by atoms with E-state index in [0.29, 0.717) is 5.56 Å². The van der Waals surface area contributed by atoms with Crippen LogP contribution in [0.15, 0.2) is 64.2 Å². The second kappa shape index (κ2) is 9.89. The van der Waals surface area contributed by atoms with Crippen molar-refractivity contribution in [3.05, 3.63) is 92.3 Å². The van der Waals surface area contributed by atoms with E-state index in [1.54, 1.807) is 37.4 Å². The summed E-state index contributed by atoms with van der Waals surface area (Å²) in [4.78, 5) is 41.3. The van der Waals surface area contributed by atoms with Gasteiger partial charge in [-0.15, -0.1) is 0 Å². The molecule has 0 spiro atoms. The van der Waals surface area contributed by atoms with Gasteiger partial charge in [-0.05, 0) is 42.7 Å². The average molecular weight is 486 g/mol. The molecule has 2 aromatic carbocycles. The maximum Gasteiger partial charge on any atom is 0.416 e. The van der Waals surface area contributed by atoms with Crippen LogP contribution in [0.1, 0.15) is 53.7 Å². The van der Waals surface area contributed by atoms with Crippen molar-refractivity contribution in [1.82, 2.24) is 19.2 Å². The molecule has 1 aliphatic rings. The van der Waals surface area contributed by atoms with Crippen molar-refractivity contribution < 1.29 is 18.0 Å². The van der Waals surface area contributed by atoms with Crippen molar-refractivity contribution in [3.63, 3.8) is 0 Å². The molecule has 184 valence electrons. The van der Waals surface area contributed by atoms with E-state index in [2.05, 4.69) is 5.10 Å². The Bertz CT molecular complexity index is 1310. The fraction of sp³-hybridized carbons (Fsp3) is 0.360. The maximum absolute atomic E-state index is 13.3. The van der Waals surface area contributed by atoms with Crippen LogP contribution in [-0.2, 0) is 12.7 Å². The Hall–Kier alpha value is -3.69. The summed E-state index contributed by atoms with van der Waals surface area (Å²) in [5.41, 5.74) is -2.37. The lowest BCUT2D eigenvalue weighted by atomic mass is 9.94. The first kappa shape index (κ1) is 24.4. The predicted octanol–water partition coefficient (Wildman–Crippen LogP) is 3.87. The van der Waals surface area contributed by atoms with Gasteiger partial charge in [-0.3, -0.25) is 14.2 Å². The Labute approximate surface area is 199 Å². The monoisotopic (exact) mass is 486 g/mol. The van der Waals surface area contributed by atoms with Gasteiger partial charge in [-0.25, -0.2) is 4.79 Å². The molecule has 4 rings (SSSR count). The summed E-state index contributed by atoms with van der Waals surface area (Å²) in [7, 11) is 1.61. The minimum atomic E-state index is -4.55. The Morgan fingerprint density at radius 3 is 2.23 bits per heavy atom. The molecule has 0 N–H and O–H groups in total. The summed E-state index contributed by atoms with van der Waals surface area (Å²) < 4.78 is 40.8. The number of carbonyl (C=O) groups excluding carboxylic acids is 1. The van der Waals surface area contributed by atoms with E-state index in [9.17, 15) is 27.6 Å². The standard InChI is InChI=1S/C25H25F3N4O3/c1-30(19-10-6-3-7-11-19)22(33)21-23(34)31(16-17-8-4-2-5-9-17)24(35)32(29-21)20-14-12-18(13-15-20)25(26,27)28/h2,4-5,8-9,12-15,19H,3,6-7,10-11,16H2,1H3. The number of carbonyl (C=O) groups is 1. The van der Waals surface area contributed by atoms with Gasteiger partial charge in [-0.1, -0.05) is 49.6 Å². The summed E-state index contributed by atoms with van der Waals surface area (Å²) >= 11 is 0. The maximum atomic E-state index is 13.3. The first-order valence-electron chi connectivity index (χ1n) is 11.4. The van der Waals surface area contributed by atoms with Gasteiger partial charge in [0.25, 0.3) is 11.5 Å². The SMILES string of the molecule is CN(C(=O)c1nn(-c2ccc(C(F)(F)F)cc2)c(=O)n(Cc2ccccc2)c1=O)C1CCCCC1. The molecule has 1 aromatic heterocycles. The predicted molar refractivity (Wildman–Crippen MR) is 124 cm³/mol. The van der Waals surface area contributed by atoms with Crippen molar-refractivity contribution in [2.75, 3.05) is 7.05 Å². The van der Waals surface area contributed by atoms with Gasteiger partial charge in [0.05, 0.1) is 17.8 Å². The molecule has 1 amide bonds. The van der Waals surface area contributed by atoms with Gasteiger partial charge in [-0.2, -0.15) is 23.0 Å². The lowest BCUT2D eigenvalue weighted by molar-refractivity contribution is -0.137. The van der Waals surface area contributed by atoms with Gasteiger partial charge in [0.2, 0.25) is 5.69 Å². The van der Waals surface area contributed by atoms with Gasteiger partial charge < -0.3 is 4.90 Å². The molecular weight excluding hydrogens is 461 g/mol. The van der Waals surface area contributed by atoms with Crippen LogP contribution in [-0.4, -0.2) is 38.2 Å². The molecule has 0 atom stereocenters. The van der Waals surface area contributed by atoms with E-state index in [4.69, 9.17) is 0 Å². The van der Waals surface area contributed by atoms with Gasteiger partial charge in [0, 0.05) is 13.1 Å². The van der Waals surface area contributed by atoms with E-state index in [-0.39, 0.29) is 18.3 Å². The number of hydrogen-bond acceptors (Lipinski definition) is 4. The van der Waals surface area contributed by atoms with E-state index < -0.39 is 34.6 Å². The third kappa shape index (κ3) is 5.21. The molecule has 0 bridgehead atoms.